The third-order valence-corrected chi connectivity index (χ3v) is 7.18. The van der Waals surface area contributed by atoms with Gasteiger partial charge in [-0.05, 0) is 11.1 Å². The molecule has 5 atom stereocenters. The van der Waals surface area contributed by atoms with Crippen molar-refractivity contribution in [3.63, 3.8) is 0 Å². The molecule has 0 aliphatic carbocycles. The van der Waals surface area contributed by atoms with Gasteiger partial charge in [-0.2, -0.15) is 5.01 Å². The normalized spacial score (nSPS) is 29.1. The van der Waals surface area contributed by atoms with E-state index in [0.29, 0.717) is 26.3 Å². The highest BCUT2D eigenvalue weighted by Crippen LogP contribution is 2.52. The number of carbonyl (C=O) groups excluding carboxylic acids is 3. The average molecular weight is 480 g/mol. The van der Waals surface area contributed by atoms with Crippen LogP contribution in [0.25, 0.3) is 0 Å². The van der Waals surface area contributed by atoms with E-state index in [1.54, 1.807) is 0 Å². The van der Waals surface area contributed by atoms with E-state index in [2.05, 4.69) is 4.90 Å². The lowest BCUT2D eigenvalue weighted by molar-refractivity contribution is -0.161. The van der Waals surface area contributed by atoms with Gasteiger partial charge in [-0.3, -0.25) is 19.5 Å². The maximum absolute atomic E-state index is 14.2. The number of hydrogen-bond acceptors (Lipinski definition) is 8. The quantitative estimate of drug-likeness (QED) is 0.598. The van der Waals surface area contributed by atoms with Gasteiger partial charge in [0.15, 0.2) is 6.04 Å². The summed E-state index contributed by atoms with van der Waals surface area (Å²) in [6, 6.07) is 16.5. The van der Waals surface area contributed by atoms with E-state index in [0.717, 1.165) is 11.1 Å². The Hall–Kier alpha value is -3.27. The number of hydrogen-bond donors (Lipinski definition) is 0. The molecule has 0 saturated carbocycles. The third kappa shape index (κ3) is 3.89. The molecule has 0 N–H and O–H groups in total. The largest absolute Gasteiger partial charge is 0.469 e. The van der Waals surface area contributed by atoms with E-state index < -0.39 is 42.0 Å². The molecule has 3 saturated heterocycles. The summed E-state index contributed by atoms with van der Waals surface area (Å²) in [5.41, 5.74) is 1.74. The number of nitrogens with zero attached hydrogens (tertiary/aromatic N) is 3. The smallest absolute Gasteiger partial charge is 0.331 e. The van der Waals surface area contributed by atoms with E-state index in [1.807, 2.05) is 65.7 Å². The molecule has 3 heterocycles. The summed E-state index contributed by atoms with van der Waals surface area (Å²) in [6.45, 7) is 2.25. The summed E-state index contributed by atoms with van der Waals surface area (Å²) in [4.78, 5) is 42.6. The van der Waals surface area contributed by atoms with Crippen molar-refractivity contribution < 1.29 is 28.6 Å². The minimum atomic E-state index is -1.14. The van der Waals surface area contributed by atoms with Gasteiger partial charge in [0.25, 0.3) is 5.91 Å². The van der Waals surface area contributed by atoms with Gasteiger partial charge >= 0.3 is 11.9 Å². The molecule has 1 amide bonds. The Morgan fingerprint density at radius 2 is 1.34 bits per heavy atom. The summed E-state index contributed by atoms with van der Waals surface area (Å²) < 4.78 is 15.8. The van der Waals surface area contributed by atoms with E-state index in [1.165, 1.54) is 19.2 Å². The van der Waals surface area contributed by atoms with Crippen LogP contribution in [0, 0.1) is 5.92 Å². The third-order valence-electron chi connectivity index (χ3n) is 7.18. The average Bonchev–Trinajstić information content (AvgIpc) is 3.41. The Morgan fingerprint density at radius 3 is 1.89 bits per heavy atom. The molecular weight excluding hydrogens is 450 g/mol. The van der Waals surface area contributed by atoms with Gasteiger partial charge in [0, 0.05) is 13.1 Å². The SMILES string of the molecule is COC(=O)[C@H]1[C@@H](C(=O)OC)N2C(=O)[C@H](N3CCOCC3)[C@@H](c3ccccc3)N2[C@H]1c1ccccc1. The van der Waals surface area contributed by atoms with E-state index in [4.69, 9.17) is 14.2 Å². The minimum Gasteiger partial charge on any atom is -0.469 e. The lowest BCUT2D eigenvalue weighted by atomic mass is 9.85. The predicted octanol–water partition coefficient (Wildman–Crippen LogP) is 1.57. The van der Waals surface area contributed by atoms with Gasteiger partial charge in [0.1, 0.15) is 12.0 Å². The molecule has 5 rings (SSSR count). The first-order valence-corrected chi connectivity index (χ1v) is 11.8. The standard InChI is InChI=1S/C26H29N3O6/c1-33-25(31)19-20(17-9-5-3-6-10-17)28-21(18-11-7-4-8-12-18)23(27-13-15-35-16-14-27)24(30)29(28)22(19)26(32)34-2/h3-12,19-23H,13-16H2,1-2H3/t19-,20+,21-,22+,23-/m1/s1. The van der Waals surface area contributed by atoms with E-state index in [-0.39, 0.29) is 5.91 Å². The fraction of sp³-hybridized carbons (Fsp3) is 0.423. The Kier molecular flexibility index (Phi) is 6.55. The van der Waals surface area contributed by atoms with Gasteiger partial charge in [-0.1, -0.05) is 60.7 Å². The van der Waals surface area contributed by atoms with Crippen LogP contribution < -0.4 is 0 Å². The Labute approximate surface area is 204 Å². The summed E-state index contributed by atoms with van der Waals surface area (Å²) >= 11 is 0. The van der Waals surface area contributed by atoms with Crippen LogP contribution in [-0.2, 0) is 28.6 Å². The molecule has 3 fully saturated rings. The van der Waals surface area contributed by atoms with Gasteiger partial charge in [0.2, 0.25) is 0 Å². The fourth-order valence-electron chi connectivity index (χ4n) is 5.71. The van der Waals surface area contributed by atoms with Crippen LogP contribution in [0.4, 0.5) is 0 Å². The zero-order valence-electron chi connectivity index (χ0n) is 19.8. The highest BCUT2D eigenvalue weighted by atomic mass is 16.5. The van der Waals surface area contributed by atoms with Crippen molar-refractivity contribution in [1.82, 2.24) is 14.9 Å². The number of rotatable bonds is 5. The molecule has 0 radical (unpaired) electrons. The van der Waals surface area contributed by atoms with Crippen molar-refractivity contribution in [3.05, 3.63) is 71.8 Å². The van der Waals surface area contributed by atoms with Gasteiger partial charge in [0.05, 0.1) is 39.5 Å². The molecular formula is C26H29N3O6. The first-order chi connectivity index (χ1) is 17.1. The topological polar surface area (TPSA) is 88.6 Å². The number of methoxy groups -OCH3 is 2. The van der Waals surface area contributed by atoms with E-state index >= 15 is 0 Å². The van der Waals surface area contributed by atoms with Crippen LogP contribution in [0.15, 0.2) is 60.7 Å². The van der Waals surface area contributed by atoms with Crippen molar-refractivity contribution in [2.24, 2.45) is 5.92 Å². The van der Waals surface area contributed by atoms with Crippen molar-refractivity contribution in [2.75, 3.05) is 40.5 Å². The molecule has 9 heteroatoms. The van der Waals surface area contributed by atoms with Crippen LogP contribution in [0.3, 0.4) is 0 Å². The van der Waals surface area contributed by atoms with Crippen LogP contribution in [0.2, 0.25) is 0 Å². The van der Waals surface area contributed by atoms with Crippen molar-refractivity contribution in [2.45, 2.75) is 24.2 Å². The summed E-state index contributed by atoms with van der Waals surface area (Å²) in [7, 11) is 2.57. The monoisotopic (exact) mass is 479 g/mol. The molecule has 9 nitrogen and oxygen atoms in total. The Balaban J connectivity index is 1.71. The van der Waals surface area contributed by atoms with Crippen molar-refractivity contribution in [3.8, 4) is 0 Å². The highest BCUT2D eigenvalue weighted by Gasteiger charge is 2.66. The van der Waals surface area contributed by atoms with Crippen LogP contribution in [-0.4, -0.2) is 85.4 Å². The minimum absolute atomic E-state index is 0.233. The molecule has 2 aromatic rings. The maximum Gasteiger partial charge on any atom is 0.331 e. The van der Waals surface area contributed by atoms with Crippen LogP contribution in [0.1, 0.15) is 23.2 Å². The molecule has 0 unspecified atom stereocenters. The first kappa shape index (κ1) is 23.5. The lowest BCUT2D eigenvalue weighted by Crippen LogP contribution is -2.52. The number of hydrazine groups is 1. The molecule has 0 bridgehead atoms. The number of carbonyl (C=O) groups is 3. The number of ether oxygens (including phenoxy) is 3. The van der Waals surface area contributed by atoms with Crippen molar-refractivity contribution in [1.29, 1.82) is 0 Å². The summed E-state index contributed by atoms with van der Waals surface area (Å²) in [6.07, 6.45) is 0. The molecule has 184 valence electrons. The molecule has 0 aromatic heterocycles. The van der Waals surface area contributed by atoms with Gasteiger partial charge in [-0.15, -0.1) is 0 Å². The van der Waals surface area contributed by atoms with Crippen molar-refractivity contribution >= 4 is 17.8 Å². The fourth-order valence-corrected chi connectivity index (χ4v) is 5.71. The number of fused-ring (bicyclic) bond motifs is 1. The number of amides is 1. The molecule has 3 aliphatic heterocycles. The lowest BCUT2D eigenvalue weighted by Gasteiger charge is -2.37. The number of benzene rings is 2. The molecule has 2 aromatic carbocycles. The molecule has 35 heavy (non-hydrogen) atoms. The number of morpholine rings is 1. The molecule has 0 spiro atoms. The first-order valence-electron chi connectivity index (χ1n) is 11.8. The summed E-state index contributed by atoms with van der Waals surface area (Å²) in [5.74, 6) is -2.39. The number of esters is 2. The van der Waals surface area contributed by atoms with Crippen LogP contribution >= 0.6 is 0 Å². The summed E-state index contributed by atoms with van der Waals surface area (Å²) in [5, 5.41) is 3.37. The van der Waals surface area contributed by atoms with E-state index in [9.17, 15) is 14.4 Å². The predicted molar refractivity (Wildman–Crippen MR) is 125 cm³/mol. The highest BCUT2D eigenvalue weighted by molar-refractivity contribution is 5.94. The second kappa shape index (κ2) is 9.77. The Bertz CT molecular complexity index is 1080. The van der Waals surface area contributed by atoms with Gasteiger partial charge < -0.3 is 14.2 Å². The van der Waals surface area contributed by atoms with Gasteiger partial charge in [-0.25, -0.2) is 4.79 Å². The zero-order chi connectivity index (χ0) is 24.5. The zero-order valence-corrected chi connectivity index (χ0v) is 19.8. The molecule has 3 aliphatic rings. The second-order valence-corrected chi connectivity index (χ2v) is 8.88. The van der Waals surface area contributed by atoms with Crippen LogP contribution in [0.5, 0.6) is 0 Å². The second-order valence-electron chi connectivity index (χ2n) is 8.88. The Morgan fingerprint density at radius 1 is 0.800 bits per heavy atom. The maximum atomic E-state index is 14.2.